The number of nitrogens with one attached hydrogen (secondary N) is 1. The molecule has 4 atom stereocenters. The summed E-state index contributed by atoms with van der Waals surface area (Å²) in [5, 5.41) is 3.25. The van der Waals surface area contributed by atoms with Gasteiger partial charge in [-0.15, -0.1) is 0 Å². The van der Waals surface area contributed by atoms with Gasteiger partial charge >= 0.3 is 0 Å². The number of ether oxygens (including phenoxy) is 1. The minimum absolute atomic E-state index is 0.00801. The van der Waals surface area contributed by atoms with E-state index in [1.807, 2.05) is 17.0 Å². The van der Waals surface area contributed by atoms with Crippen LogP contribution in [0.25, 0.3) is 0 Å². The molecule has 2 fully saturated rings. The molecule has 0 aromatic heterocycles. The van der Waals surface area contributed by atoms with Crippen molar-refractivity contribution in [2.75, 3.05) is 26.3 Å². The molecule has 2 amide bonds. The number of nitrogens with zero attached hydrogens (tertiary/aromatic N) is 1. The second-order valence-electron chi connectivity index (χ2n) is 6.87. The van der Waals surface area contributed by atoms with E-state index in [0.717, 1.165) is 19.5 Å². The van der Waals surface area contributed by atoms with Crippen LogP contribution in [-0.4, -0.2) is 43.0 Å². The van der Waals surface area contributed by atoms with Crippen LogP contribution < -0.4 is 5.32 Å². The first-order chi connectivity index (χ1) is 11.1. The summed E-state index contributed by atoms with van der Waals surface area (Å²) < 4.78 is 5.33. The van der Waals surface area contributed by atoms with E-state index in [1.54, 1.807) is 6.92 Å². The van der Waals surface area contributed by atoms with E-state index in [-0.39, 0.29) is 29.7 Å². The summed E-state index contributed by atoms with van der Waals surface area (Å²) >= 11 is 0. The van der Waals surface area contributed by atoms with Crippen LogP contribution in [0.4, 0.5) is 0 Å². The van der Waals surface area contributed by atoms with Crippen LogP contribution in [-0.2, 0) is 14.3 Å². The Morgan fingerprint density at radius 3 is 2.70 bits per heavy atom. The monoisotopic (exact) mass is 314 g/mol. The third-order valence-electron chi connectivity index (χ3n) is 5.57. The Morgan fingerprint density at radius 2 is 2.00 bits per heavy atom. The number of rotatable bonds is 2. The molecule has 2 saturated heterocycles. The molecule has 2 heterocycles. The van der Waals surface area contributed by atoms with Crippen molar-refractivity contribution in [3.05, 3.63) is 35.4 Å². The normalized spacial score (nSPS) is 31.8. The highest BCUT2D eigenvalue weighted by atomic mass is 16.5. The quantitative estimate of drug-likeness (QED) is 0.899. The van der Waals surface area contributed by atoms with Gasteiger partial charge in [0.2, 0.25) is 11.8 Å². The largest absolute Gasteiger partial charge is 0.381 e. The zero-order valence-electron chi connectivity index (χ0n) is 13.3. The van der Waals surface area contributed by atoms with Gasteiger partial charge in [-0.3, -0.25) is 9.59 Å². The Bertz CT molecular complexity index is 639. The van der Waals surface area contributed by atoms with Gasteiger partial charge in [0.25, 0.3) is 0 Å². The molecule has 122 valence electrons. The Balaban J connectivity index is 1.59. The lowest BCUT2D eigenvalue weighted by atomic mass is 9.94. The molecule has 1 aromatic carbocycles. The molecular formula is C18H22N2O3. The predicted molar refractivity (Wildman–Crippen MR) is 84.7 cm³/mol. The van der Waals surface area contributed by atoms with E-state index in [1.165, 1.54) is 11.1 Å². The summed E-state index contributed by atoms with van der Waals surface area (Å²) in [6, 6.07) is 8.33. The van der Waals surface area contributed by atoms with E-state index in [4.69, 9.17) is 4.74 Å². The van der Waals surface area contributed by atoms with E-state index < -0.39 is 0 Å². The number of hydrogen-bond donors (Lipinski definition) is 1. The van der Waals surface area contributed by atoms with Gasteiger partial charge in [-0.25, -0.2) is 0 Å². The van der Waals surface area contributed by atoms with Gasteiger partial charge in [0, 0.05) is 38.5 Å². The molecule has 3 aliphatic rings. The van der Waals surface area contributed by atoms with E-state index in [9.17, 15) is 9.59 Å². The first kappa shape index (κ1) is 14.7. The number of benzene rings is 1. The Morgan fingerprint density at radius 1 is 1.22 bits per heavy atom. The molecule has 1 aromatic rings. The van der Waals surface area contributed by atoms with Crippen LogP contribution in [0, 0.1) is 11.8 Å². The van der Waals surface area contributed by atoms with Gasteiger partial charge in [0.1, 0.15) is 0 Å². The average Bonchev–Trinajstić information content (AvgIpc) is 3.24. The smallest absolute Gasteiger partial charge is 0.226 e. The summed E-state index contributed by atoms with van der Waals surface area (Å²) in [4.78, 5) is 26.2. The SMILES string of the molecule is CC(=O)N1C[C@@H]2[C@H](NC(=O)[C@H]3CCOC3)c3ccccc3[C@@H]2C1. The molecule has 0 saturated carbocycles. The average molecular weight is 314 g/mol. The number of carbonyl (C=O) groups is 2. The van der Waals surface area contributed by atoms with Crippen molar-refractivity contribution in [2.24, 2.45) is 11.8 Å². The van der Waals surface area contributed by atoms with Gasteiger partial charge in [0.05, 0.1) is 18.6 Å². The summed E-state index contributed by atoms with van der Waals surface area (Å²) in [6.07, 6.45) is 0.799. The van der Waals surface area contributed by atoms with Crippen LogP contribution in [0.5, 0.6) is 0 Å². The van der Waals surface area contributed by atoms with Crippen LogP contribution in [0.2, 0.25) is 0 Å². The van der Waals surface area contributed by atoms with Crippen LogP contribution in [0.3, 0.4) is 0 Å². The van der Waals surface area contributed by atoms with Gasteiger partial charge in [0.15, 0.2) is 0 Å². The number of amides is 2. The van der Waals surface area contributed by atoms with Crippen LogP contribution >= 0.6 is 0 Å². The molecule has 2 aliphatic heterocycles. The first-order valence-electron chi connectivity index (χ1n) is 8.37. The Hall–Kier alpha value is -1.88. The molecular weight excluding hydrogens is 292 g/mol. The summed E-state index contributed by atoms with van der Waals surface area (Å²) in [5.74, 6) is 0.782. The summed E-state index contributed by atoms with van der Waals surface area (Å²) in [6.45, 7) is 4.30. The number of likely N-dealkylation sites (tertiary alicyclic amines) is 1. The minimum atomic E-state index is -0.0356. The van der Waals surface area contributed by atoms with Crippen LogP contribution in [0.15, 0.2) is 24.3 Å². The van der Waals surface area contributed by atoms with Crippen molar-refractivity contribution < 1.29 is 14.3 Å². The van der Waals surface area contributed by atoms with Gasteiger partial charge in [-0.05, 0) is 17.5 Å². The molecule has 23 heavy (non-hydrogen) atoms. The van der Waals surface area contributed by atoms with Gasteiger partial charge in [-0.2, -0.15) is 0 Å². The number of fused-ring (bicyclic) bond motifs is 3. The third kappa shape index (κ3) is 2.43. The topological polar surface area (TPSA) is 58.6 Å². The van der Waals surface area contributed by atoms with Crippen molar-refractivity contribution in [2.45, 2.75) is 25.3 Å². The zero-order valence-corrected chi connectivity index (χ0v) is 13.3. The number of carbonyl (C=O) groups excluding carboxylic acids is 2. The lowest BCUT2D eigenvalue weighted by Crippen LogP contribution is -2.38. The molecule has 0 radical (unpaired) electrons. The molecule has 1 aliphatic carbocycles. The Kier molecular flexibility index (Phi) is 3.60. The highest BCUT2D eigenvalue weighted by Gasteiger charge is 2.47. The first-order valence-corrected chi connectivity index (χ1v) is 8.37. The highest BCUT2D eigenvalue weighted by Crippen LogP contribution is 2.49. The molecule has 0 spiro atoms. The highest BCUT2D eigenvalue weighted by molar-refractivity contribution is 5.80. The van der Waals surface area contributed by atoms with Crippen molar-refractivity contribution in [3.8, 4) is 0 Å². The number of hydrogen-bond acceptors (Lipinski definition) is 3. The maximum Gasteiger partial charge on any atom is 0.226 e. The maximum absolute atomic E-state index is 12.5. The van der Waals surface area contributed by atoms with E-state index >= 15 is 0 Å². The third-order valence-corrected chi connectivity index (χ3v) is 5.57. The van der Waals surface area contributed by atoms with E-state index in [2.05, 4.69) is 17.4 Å². The lowest BCUT2D eigenvalue weighted by molar-refractivity contribution is -0.128. The van der Waals surface area contributed by atoms with Crippen molar-refractivity contribution >= 4 is 11.8 Å². The van der Waals surface area contributed by atoms with Crippen molar-refractivity contribution in [1.82, 2.24) is 10.2 Å². The van der Waals surface area contributed by atoms with E-state index in [0.29, 0.717) is 19.1 Å². The molecule has 4 rings (SSSR count). The fourth-order valence-electron chi connectivity index (χ4n) is 4.31. The molecule has 5 nitrogen and oxygen atoms in total. The maximum atomic E-state index is 12.5. The summed E-state index contributed by atoms with van der Waals surface area (Å²) in [7, 11) is 0. The lowest BCUT2D eigenvalue weighted by Gasteiger charge is -2.23. The van der Waals surface area contributed by atoms with Gasteiger partial charge in [-0.1, -0.05) is 24.3 Å². The fraction of sp³-hybridized carbons (Fsp3) is 0.556. The second-order valence-corrected chi connectivity index (χ2v) is 6.87. The minimum Gasteiger partial charge on any atom is -0.381 e. The zero-order chi connectivity index (χ0) is 16.0. The Labute approximate surface area is 136 Å². The second kappa shape index (κ2) is 5.64. The summed E-state index contributed by atoms with van der Waals surface area (Å²) in [5.41, 5.74) is 2.51. The predicted octanol–water partition coefficient (Wildman–Crippen LogP) is 1.46. The van der Waals surface area contributed by atoms with Gasteiger partial charge < -0.3 is 15.0 Å². The fourth-order valence-corrected chi connectivity index (χ4v) is 4.31. The van der Waals surface area contributed by atoms with Crippen molar-refractivity contribution in [1.29, 1.82) is 0 Å². The molecule has 1 N–H and O–H groups in total. The standard InChI is InChI=1S/C18H22N2O3/c1-11(21)20-8-15-13-4-2-3-5-14(13)17(16(15)9-20)19-18(22)12-6-7-23-10-12/h2-5,12,15-17H,6-10H2,1H3,(H,19,22)/t12-,15-,16-,17+/m0/s1. The molecule has 0 bridgehead atoms. The molecule has 5 heteroatoms. The van der Waals surface area contributed by atoms with Crippen LogP contribution in [0.1, 0.15) is 36.4 Å². The molecule has 0 unspecified atom stereocenters. The van der Waals surface area contributed by atoms with Crippen molar-refractivity contribution in [3.63, 3.8) is 0 Å².